The summed E-state index contributed by atoms with van der Waals surface area (Å²) in [6.45, 7) is 5.37. The van der Waals surface area contributed by atoms with Crippen molar-refractivity contribution in [3.63, 3.8) is 0 Å². The molecule has 0 aromatic heterocycles. The van der Waals surface area contributed by atoms with E-state index in [0.717, 1.165) is 23.5 Å². The Labute approximate surface area is 108 Å². The van der Waals surface area contributed by atoms with Gasteiger partial charge in [0.25, 0.3) is 0 Å². The minimum Gasteiger partial charge on any atom is -0.374 e. The van der Waals surface area contributed by atoms with Crippen LogP contribution >= 0.6 is 0 Å². The number of hydrogen-bond acceptors (Lipinski definition) is 3. The summed E-state index contributed by atoms with van der Waals surface area (Å²) in [7, 11) is 3.85. The Bertz CT molecular complexity index is 470. The molecule has 1 heterocycles. The van der Waals surface area contributed by atoms with Gasteiger partial charge in [0.2, 0.25) is 5.91 Å². The highest BCUT2D eigenvalue weighted by Crippen LogP contribution is 2.36. The van der Waals surface area contributed by atoms with Gasteiger partial charge in [-0.2, -0.15) is 0 Å². The molecule has 4 heteroatoms. The summed E-state index contributed by atoms with van der Waals surface area (Å²) in [4.78, 5) is 15.7. The molecule has 0 radical (unpaired) electrons. The number of rotatable bonds is 3. The third kappa shape index (κ3) is 2.08. The molecule has 0 bridgehead atoms. The minimum absolute atomic E-state index is 0.0336. The predicted molar refractivity (Wildman–Crippen MR) is 74.9 cm³/mol. The topological polar surface area (TPSA) is 49.6 Å². The number of carbonyl (C=O) groups excluding carboxylic acids is 1. The van der Waals surface area contributed by atoms with Gasteiger partial charge in [0.05, 0.1) is 5.69 Å². The van der Waals surface area contributed by atoms with E-state index in [1.165, 1.54) is 0 Å². The van der Waals surface area contributed by atoms with E-state index in [2.05, 4.69) is 25.8 Å². The average Bonchev–Trinajstić information content (AvgIpc) is 2.53. The van der Waals surface area contributed by atoms with Crippen LogP contribution in [0.5, 0.6) is 0 Å². The minimum atomic E-state index is -0.505. The summed E-state index contributed by atoms with van der Waals surface area (Å²) in [6.07, 6.45) is 0. The van der Waals surface area contributed by atoms with Crippen LogP contribution in [0, 0.1) is 5.92 Å². The molecule has 0 saturated carbocycles. The van der Waals surface area contributed by atoms with Gasteiger partial charge in [0.15, 0.2) is 0 Å². The fourth-order valence-electron chi connectivity index (χ4n) is 2.44. The molecule has 2 rings (SSSR count). The standard InChI is InChI=1S/C14H21N3O/c1-9(2)8-16(3)10-5-6-11-12(7-10)17(4)14(18)13(11)15/h5-7,9,13H,8,15H2,1-4H3. The molecular formula is C14H21N3O. The number of benzene rings is 1. The van der Waals surface area contributed by atoms with E-state index in [1.54, 1.807) is 11.9 Å². The lowest BCUT2D eigenvalue weighted by molar-refractivity contribution is -0.118. The Morgan fingerprint density at radius 1 is 1.44 bits per heavy atom. The fraction of sp³-hybridized carbons (Fsp3) is 0.500. The number of likely N-dealkylation sites (N-methyl/N-ethyl adjacent to an activating group) is 1. The molecule has 0 fully saturated rings. The molecule has 18 heavy (non-hydrogen) atoms. The molecule has 1 unspecified atom stereocenters. The summed E-state index contributed by atoms with van der Waals surface area (Å²) < 4.78 is 0. The summed E-state index contributed by atoms with van der Waals surface area (Å²) in [5.74, 6) is 0.568. The molecule has 2 N–H and O–H groups in total. The van der Waals surface area contributed by atoms with Crippen molar-refractivity contribution in [2.75, 3.05) is 30.4 Å². The molecule has 1 aliphatic rings. The van der Waals surface area contributed by atoms with Gasteiger partial charge in [-0.05, 0) is 18.1 Å². The van der Waals surface area contributed by atoms with Crippen molar-refractivity contribution in [1.82, 2.24) is 0 Å². The molecular weight excluding hydrogens is 226 g/mol. The number of nitrogens with zero attached hydrogens (tertiary/aromatic N) is 2. The van der Waals surface area contributed by atoms with Crippen LogP contribution in [0.1, 0.15) is 25.5 Å². The van der Waals surface area contributed by atoms with Crippen LogP contribution in [0.3, 0.4) is 0 Å². The van der Waals surface area contributed by atoms with Crippen molar-refractivity contribution in [2.24, 2.45) is 11.7 Å². The number of hydrogen-bond donors (Lipinski definition) is 1. The van der Waals surface area contributed by atoms with Crippen molar-refractivity contribution >= 4 is 17.3 Å². The van der Waals surface area contributed by atoms with E-state index in [0.29, 0.717) is 5.92 Å². The second-order valence-corrected chi connectivity index (χ2v) is 5.39. The number of nitrogens with two attached hydrogens (primary N) is 1. The highest BCUT2D eigenvalue weighted by Gasteiger charge is 2.32. The first-order valence-electron chi connectivity index (χ1n) is 6.30. The number of anilines is 2. The van der Waals surface area contributed by atoms with Gasteiger partial charge in [0.1, 0.15) is 6.04 Å². The van der Waals surface area contributed by atoms with Gasteiger partial charge >= 0.3 is 0 Å². The summed E-state index contributed by atoms with van der Waals surface area (Å²) in [5.41, 5.74) is 8.86. The Balaban J connectivity index is 2.31. The normalized spacial score (nSPS) is 18.4. The van der Waals surface area contributed by atoms with E-state index < -0.39 is 6.04 Å². The van der Waals surface area contributed by atoms with Crippen LogP contribution in [-0.2, 0) is 4.79 Å². The summed E-state index contributed by atoms with van der Waals surface area (Å²) in [5, 5.41) is 0. The first kappa shape index (κ1) is 12.9. The Morgan fingerprint density at radius 3 is 2.72 bits per heavy atom. The molecule has 0 saturated heterocycles. The number of carbonyl (C=O) groups is 1. The quantitative estimate of drug-likeness (QED) is 0.885. The molecule has 4 nitrogen and oxygen atoms in total. The zero-order valence-corrected chi connectivity index (χ0v) is 11.5. The summed E-state index contributed by atoms with van der Waals surface area (Å²) >= 11 is 0. The van der Waals surface area contributed by atoms with Crippen molar-refractivity contribution in [2.45, 2.75) is 19.9 Å². The second-order valence-electron chi connectivity index (χ2n) is 5.39. The van der Waals surface area contributed by atoms with Gasteiger partial charge < -0.3 is 15.5 Å². The molecule has 0 aliphatic carbocycles. The molecule has 1 amide bonds. The highest BCUT2D eigenvalue weighted by molar-refractivity contribution is 6.04. The molecule has 1 aromatic rings. The molecule has 1 aliphatic heterocycles. The largest absolute Gasteiger partial charge is 0.374 e. The molecule has 98 valence electrons. The second kappa shape index (κ2) is 4.61. The van der Waals surface area contributed by atoms with Crippen molar-refractivity contribution in [3.8, 4) is 0 Å². The maximum absolute atomic E-state index is 11.8. The SMILES string of the molecule is CC(C)CN(C)c1ccc2c(c1)N(C)C(=O)C2N. The van der Waals surface area contributed by atoms with Crippen molar-refractivity contribution in [3.05, 3.63) is 23.8 Å². The van der Waals surface area contributed by atoms with Crippen LogP contribution in [0.15, 0.2) is 18.2 Å². The Kier molecular flexibility index (Phi) is 3.30. The van der Waals surface area contributed by atoms with E-state index in [4.69, 9.17) is 5.73 Å². The smallest absolute Gasteiger partial charge is 0.248 e. The lowest BCUT2D eigenvalue weighted by Crippen LogP contribution is -2.28. The third-order valence-corrected chi connectivity index (χ3v) is 3.39. The van der Waals surface area contributed by atoms with Gasteiger partial charge in [-0.1, -0.05) is 19.9 Å². The van der Waals surface area contributed by atoms with Gasteiger partial charge in [-0.15, -0.1) is 0 Å². The number of fused-ring (bicyclic) bond motifs is 1. The van der Waals surface area contributed by atoms with E-state index in [9.17, 15) is 4.79 Å². The molecule has 1 atom stereocenters. The third-order valence-electron chi connectivity index (χ3n) is 3.39. The van der Waals surface area contributed by atoms with Crippen molar-refractivity contribution in [1.29, 1.82) is 0 Å². The Hall–Kier alpha value is -1.55. The maximum atomic E-state index is 11.8. The highest BCUT2D eigenvalue weighted by atomic mass is 16.2. The number of amides is 1. The van der Waals surface area contributed by atoms with Crippen molar-refractivity contribution < 1.29 is 4.79 Å². The lowest BCUT2D eigenvalue weighted by atomic mass is 10.1. The monoisotopic (exact) mass is 247 g/mol. The van der Waals surface area contributed by atoms with E-state index >= 15 is 0 Å². The van der Waals surface area contributed by atoms with Crippen LogP contribution in [0.4, 0.5) is 11.4 Å². The Morgan fingerprint density at radius 2 is 2.11 bits per heavy atom. The summed E-state index contributed by atoms with van der Waals surface area (Å²) in [6, 6.07) is 5.54. The zero-order valence-electron chi connectivity index (χ0n) is 11.5. The van der Waals surface area contributed by atoms with Crippen LogP contribution in [-0.4, -0.2) is 26.5 Å². The van der Waals surface area contributed by atoms with Gasteiger partial charge in [-0.25, -0.2) is 0 Å². The molecule has 0 spiro atoms. The maximum Gasteiger partial charge on any atom is 0.248 e. The van der Waals surface area contributed by atoms with E-state index in [-0.39, 0.29) is 5.91 Å². The van der Waals surface area contributed by atoms with Crippen LogP contribution in [0.2, 0.25) is 0 Å². The predicted octanol–water partition coefficient (Wildman–Crippen LogP) is 1.75. The zero-order chi connectivity index (χ0) is 13.4. The fourth-order valence-corrected chi connectivity index (χ4v) is 2.44. The van der Waals surface area contributed by atoms with Gasteiger partial charge in [-0.3, -0.25) is 4.79 Å². The first-order valence-corrected chi connectivity index (χ1v) is 6.30. The van der Waals surface area contributed by atoms with Gasteiger partial charge in [0, 0.05) is 31.9 Å². The van der Waals surface area contributed by atoms with E-state index in [1.807, 2.05) is 18.2 Å². The van der Waals surface area contributed by atoms with Crippen LogP contribution < -0.4 is 15.5 Å². The first-order chi connectivity index (χ1) is 8.41. The van der Waals surface area contributed by atoms with Crippen LogP contribution in [0.25, 0.3) is 0 Å². The average molecular weight is 247 g/mol. The molecule has 1 aromatic carbocycles. The lowest BCUT2D eigenvalue weighted by Gasteiger charge is -2.23.